The molecule has 1 saturated heterocycles. The van der Waals surface area contributed by atoms with E-state index >= 15 is 0 Å². The molecule has 1 atom stereocenters. The minimum atomic E-state index is -0.804. The number of carbonyl (C=O) groups is 2. The van der Waals surface area contributed by atoms with Gasteiger partial charge in [0.25, 0.3) is 0 Å². The Labute approximate surface area is 128 Å². The summed E-state index contributed by atoms with van der Waals surface area (Å²) in [5, 5.41) is 5.21. The van der Waals surface area contributed by atoms with Gasteiger partial charge in [-0.25, -0.2) is 9.78 Å². The summed E-state index contributed by atoms with van der Waals surface area (Å²) < 4.78 is 0. The van der Waals surface area contributed by atoms with Crippen LogP contribution in [-0.2, 0) is 4.79 Å². The average molecular weight is 311 g/mol. The lowest BCUT2D eigenvalue weighted by Gasteiger charge is -2.26. The van der Waals surface area contributed by atoms with Gasteiger partial charge in [0.05, 0.1) is 11.7 Å². The van der Waals surface area contributed by atoms with E-state index in [1.807, 2.05) is 12.3 Å². The predicted octanol–water partition coefficient (Wildman–Crippen LogP) is 0.547. The van der Waals surface area contributed by atoms with Crippen LogP contribution >= 0.6 is 11.3 Å². The van der Waals surface area contributed by atoms with Crippen LogP contribution in [0.5, 0.6) is 0 Å². The molecule has 3 N–H and O–H groups in total. The van der Waals surface area contributed by atoms with Crippen molar-refractivity contribution in [2.75, 3.05) is 31.1 Å². The molecule has 7 nitrogen and oxygen atoms in total. The lowest BCUT2D eigenvalue weighted by atomic mass is 10.2. The van der Waals surface area contributed by atoms with E-state index in [2.05, 4.69) is 20.1 Å². The quantitative estimate of drug-likeness (QED) is 0.850. The Morgan fingerprint density at radius 3 is 2.76 bits per heavy atom. The molecule has 1 aliphatic rings. The number of urea groups is 1. The van der Waals surface area contributed by atoms with E-state index in [0.717, 1.165) is 43.4 Å². The van der Waals surface area contributed by atoms with Crippen molar-refractivity contribution in [3.05, 3.63) is 11.1 Å². The molecule has 0 unspecified atom stereocenters. The number of carbonyl (C=O) groups excluding carboxylic acids is 2. The summed E-state index contributed by atoms with van der Waals surface area (Å²) in [4.78, 5) is 31.4. The van der Waals surface area contributed by atoms with E-state index in [9.17, 15) is 9.59 Å². The van der Waals surface area contributed by atoms with E-state index in [4.69, 9.17) is 5.73 Å². The Kier molecular flexibility index (Phi) is 5.13. The van der Waals surface area contributed by atoms with Gasteiger partial charge in [0, 0.05) is 31.6 Å². The normalized spacial score (nSPS) is 18.1. The first-order chi connectivity index (χ1) is 9.97. The molecular formula is C13H21N5O2S. The molecule has 0 aliphatic carbocycles. The summed E-state index contributed by atoms with van der Waals surface area (Å²) in [6.07, 6.45) is 0.951. The van der Waals surface area contributed by atoms with Crippen LogP contribution in [0.3, 0.4) is 0 Å². The monoisotopic (exact) mass is 311 g/mol. The molecule has 0 radical (unpaired) electrons. The van der Waals surface area contributed by atoms with Gasteiger partial charge in [0.2, 0.25) is 5.91 Å². The molecule has 2 rings (SSSR count). The predicted molar refractivity (Wildman–Crippen MR) is 82.4 cm³/mol. The molecule has 0 spiro atoms. The number of aryl methyl sites for hydroxylation is 1. The molecule has 0 saturated carbocycles. The van der Waals surface area contributed by atoms with Gasteiger partial charge in [-0.05, 0) is 20.3 Å². The number of nitrogens with one attached hydrogen (secondary N) is 1. The van der Waals surface area contributed by atoms with Crippen LogP contribution in [-0.4, -0.2) is 54.0 Å². The van der Waals surface area contributed by atoms with Gasteiger partial charge in [0.1, 0.15) is 0 Å². The lowest BCUT2D eigenvalue weighted by molar-refractivity contribution is -0.124. The molecule has 8 heteroatoms. The van der Waals surface area contributed by atoms with Crippen molar-refractivity contribution in [1.82, 2.24) is 15.2 Å². The number of nitrogens with zero attached hydrogens (tertiary/aromatic N) is 3. The maximum Gasteiger partial charge on any atom is 0.318 e. The second-order valence-corrected chi connectivity index (χ2v) is 6.01. The number of rotatable bonds is 3. The molecule has 1 aromatic heterocycles. The number of hydrogen-bond donors (Lipinski definition) is 2. The zero-order valence-electron chi connectivity index (χ0n) is 12.3. The van der Waals surface area contributed by atoms with E-state index in [-0.39, 0.29) is 11.9 Å². The SMILES string of the molecule is Cc1csc(N2CCCN([C@H](C)C(=O)NC(N)=O)CC2)n1. The van der Waals surface area contributed by atoms with Crippen molar-refractivity contribution >= 4 is 28.4 Å². The van der Waals surface area contributed by atoms with Crippen LogP contribution in [0.15, 0.2) is 5.38 Å². The number of imide groups is 1. The maximum absolute atomic E-state index is 11.8. The average Bonchev–Trinajstić information content (AvgIpc) is 2.72. The van der Waals surface area contributed by atoms with Gasteiger partial charge >= 0.3 is 6.03 Å². The van der Waals surface area contributed by atoms with Gasteiger partial charge in [-0.1, -0.05) is 0 Å². The fourth-order valence-corrected chi connectivity index (χ4v) is 3.25. The topological polar surface area (TPSA) is 91.6 Å². The van der Waals surface area contributed by atoms with Gasteiger partial charge in [0.15, 0.2) is 5.13 Å². The molecule has 1 aromatic rings. The second-order valence-electron chi connectivity index (χ2n) is 5.18. The van der Waals surface area contributed by atoms with Crippen LogP contribution in [0.25, 0.3) is 0 Å². The highest BCUT2D eigenvalue weighted by Crippen LogP contribution is 2.21. The van der Waals surface area contributed by atoms with Gasteiger partial charge in [-0.15, -0.1) is 11.3 Å². The van der Waals surface area contributed by atoms with Crippen LogP contribution in [0.4, 0.5) is 9.93 Å². The molecule has 3 amide bonds. The van der Waals surface area contributed by atoms with E-state index in [0.29, 0.717) is 0 Å². The lowest BCUT2D eigenvalue weighted by Crippen LogP contribution is -2.49. The van der Waals surface area contributed by atoms with Crippen LogP contribution in [0.2, 0.25) is 0 Å². The summed E-state index contributed by atoms with van der Waals surface area (Å²) in [5.74, 6) is -0.346. The number of aromatic nitrogens is 1. The fourth-order valence-electron chi connectivity index (χ4n) is 2.39. The van der Waals surface area contributed by atoms with Crippen molar-refractivity contribution in [2.24, 2.45) is 5.73 Å². The first-order valence-corrected chi connectivity index (χ1v) is 7.87. The Morgan fingerprint density at radius 1 is 1.38 bits per heavy atom. The summed E-state index contributed by atoms with van der Waals surface area (Å²) in [7, 11) is 0. The second kappa shape index (κ2) is 6.86. The molecule has 2 heterocycles. The number of primary amides is 1. The summed E-state index contributed by atoms with van der Waals surface area (Å²) >= 11 is 1.65. The number of amides is 3. The standard InChI is InChI=1S/C13H21N5O2S/c1-9-8-21-13(15-9)18-5-3-4-17(6-7-18)10(2)11(19)16-12(14)20/h8,10H,3-7H2,1-2H3,(H3,14,16,19,20)/t10-/m1/s1. The highest BCUT2D eigenvalue weighted by atomic mass is 32.1. The third-order valence-electron chi connectivity index (χ3n) is 3.58. The van der Waals surface area contributed by atoms with Gasteiger partial charge < -0.3 is 10.6 Å². The van der Waals surface area contributed by atoms with Crippen molar-refractivity contribution in [3.63, 3.8) is 0 Å². The van der Waals surface area contributed by atoms with Crippen molar-refractivity contribution in [1.29, 1.82) is 0 Å². The third-order valence-corrected chi connectivity index (χ3v) is 4.60. The molecule has 0 bridgehead atoms. The molecule has 1 fully saturated rings. The zero-order chi connectivity index (χ0) is 15.4. The largest absolute Gasteiger partial charge is 0.351 e. The van der Waals surface area contributed by atoms with Crippen LogP contribution < -0.4 is 16.0 Å². The first kappa shape index (κ1) is 15.7. The highest BCUT2D eigenvalue weighted by molar-refractivity contribution is 7.13. The van der Waals surface area contributed by atoms with Gasteiger partial charge in [-0.2, -0.15) is 0 Å². The van der Waals surface area contributed by atoms with Crippen molar-refractivity contribution in [3.8, 4) is 0 Å². The molecule has 21 heavy (non-hydrogen) atoms. The number of hydrogen-bond acceptors (Lipinski definition) is 6. The number of nitrogens with two attached hydrogens (primary N) is 1. The van der Waals surface area contributed by atoms with Crippen LogP contribution in [0, 0.1) is 6.92 Å². The minimum Gasteiger partial charge on any atom is -0.351 e. The Balaban J connectivity index is 1.94. The first-order valence-electron chi connectivity index (χ1n) is 6.99. The fraction of sp³-hybridized carbons (Fsp3) is 0.615. The smallest absolute Gasteiger partial charge is 0.318 e. The Morgan fingerprint density at radius 2 is 2.14 bits per heavy atom. The van der Waals surface area contributed by atoms with Crippen molar-refractivity contribution < 1.29 is 9.59 Å². The van der Waals surface area contributed by atoms with E-state index < -0.39 is 6.03 Å². The Bertz CT molecular complexity index is 518. The Hall–Kier alpha value is -1.67. The van der Waals surface area contributed by atoms with E-state index in [1.165, 1.54) is 0 Å². The number of thiazole rings is 1. The van der Waals surface area contributed by atoms with Gasteiger partial charge in [-0.3, -0.25) is 15.0 Å². The summed E-state index contributed by atoms with van der Waals surface area (Å²) in [5.41, 5.74) is 6.02. The molecule has 116 valence electrons. The molecule has 1 aliphatic heterocycles. The highest BCUT2D eigenvalue weighted by Gasteiger charge is 2.25. The van der Waals surface area contributed by atoms with E-state index in [1.54, 1.807) is 18.3 Å². The van der Waals surface area contributed by atoms with Crippen LogP contribution in [0.1, 0.15) is 19.0 Å². The summed E-state index contributed by atoms with van der Waals surface area (Å²) in [6.45, 7) is 7.09. The summed E-state index contributed by atoms with van der Waals surface area (Å²) in [6, 6.07) is -1.17. The molecular weight excluding hydrogens is 290 g/mol. The van der Waals surface area contributed by atoms with Crippen molar-refractivity contribution in [2.45, 2.75) is 26.3 Å². The zero-order valence-corrected chi connectivity index (χ0v) is 13.2. The number of anilines is 1. The minimum absolute atomic E-state index is 0.346. The molecule has 0 aromatic carbocycles. The maximum atomic E-state index is 11.8. The third kappa shape index (κ3) is 4.15.